The van der Waals surface area contributed by atoms with E-state index in [4.69, 9.17) is 10.2 Å². The average molecular weight is 140 g/mol. The van der Waals surface area contributed by atoms with E-state index in [-0.39, 0.29) is 11.3 Å². The molecule has 0 radical (unpaired) electrons. The molecule has 0 amide bonds. The third-order valence-corrected chi connectivity index (χ3v) is 1.13. The number of rotatable bonds is 1. The third kappa shape index (κ3) is 1.07. The largest absolute Gasteiger partial charge is 0.507 e. The number of carbonyl (C=O) groups is 1. The fraction of sp³-hybridized carbons (Fsp3) is 0. The van der Waals surface area contributed by atoms with E-state index >= 15 is 0 Å². The zero-order valence-electron chi connectivity index (χ0n) is 5.11. The molecule has 3 heteroatoms. The van der Waals surface area contributed by atoms with Crippen molar-refractivity contribution >= 4 is 5.97 Å². The topological polar surface area (TPSA) is 57.5 Å². The van der Waals surface area contributed by atoms with Gasteiger partial charge in [0.25, 0.3) is 0 Å². The molecule has 0 aromatic heterocycles. The molecule has 1 aromatic carbocycles. The van der Waals surface area contributed by atoms with Gasteiger partial charge < -0.3 is 10.2 Å². The monoisotopic (exact) mass is 140 g/mol. The first-order valence-corrected chi connectivity index (χ1v) is 2.73. The van der Waals surface area contributed by atoms with Crippen molar-refractivity contribution in [3.05, 3.63) is 29.8 Å². The van der Waals surface area contributed by atoms with Crippen LogP contribution in [-0.4, -0.2) is 16.2 Å². The second-order valence-corrected chi connectivity index (χ2v) is 1.82. The second kappa shape index (κ2) is 2.39. The molecule has 0 atom stereocenters. The molecule has 0 aliphatic heterocycles. The molecule has 10 heavy (non-hydrogen) atoms. The van der Waals surface area contributed by atoms with E-state index in [0.29, 0.717) is 0 Å². The van der Waals surface area contributed by atoms with Crippen molar-refractivity contribution in [3.63, 3.8) is 0 Å². The first-order valence-electron chi connectivity index (χ1n) is 2.73. The number of phenols is 1. The summed E-state index contributed by atoms with van der Waals surface area (Å²) in [4.78, 5) is 10.3. The second-order valence-electron chi connectivity index (χ2n) is 1.82. The number of carboxylic acids is 1. The molecule has 0 spiro atoms. The van der Waals surface area contributed by atoms with Crippen molar-refractivity contribution in [3.8, 4) is 5.75 Å². The number of benzene rings is 1. The van der Waals surface area contributed by atoms with Crippen molar-refractivity contribution in [1.82, 2.24) is 0 Å². The van der Waals surface area contributed by atoms with Gasteiger partial charge in [-0.25, -0.2) is 4.79 Å². The average Bonchev–Trinajstić information content (AvgIpc) is 1.88. The van der Waals surface area contributed by atoms with Gasteiger partial charge in [-0.05, 0) is 12.1 Å². The Morgan fingerprint density at radius 1 is 1.50 bits per heavy atom. The highest BCUT2D eigenvalue weighted by Crippen LogP contribution is 2.14. The summed E-state index contributed by atoms with van der Waals surface area (Å²) in [6, 6.07) is 5.81. The van der Waals surface area contributed by atoms with Gasteiger partial charge in [-0.15, -0.1) is 0 Å². The summed E-state index contributed by atoms with van der Waals surface area (Å²) in [5.74, 6) is -1.31. The summed E-state index contributed by atoms with van der Waals surface area (Å²) in [5.41, 5.74) is -0.0671. The maximum absolute atomic E-state index is 10.3. The molecule has 0 fully saturated rings. The first kappa shape index (κ1) is 6.61. The van der Waals surface area contributed by atoms with Crippen LogP contribution in [-0.2, 0) is 0 Å². The fourth-order valence-corrected chi connectivity index (χ4v) is 0.654. The minimum atomic E-state index is -1.11. The Bertz CT molecular complexity index is 255. The molecule has 0 saturated heterocycles. The van der Waals surface area contributed by atoms with E-state index in [0.717, 1.165) is 0 Å². The van der Waals surface area contributed by atoms with Crippen LogP contribution in [0.1, 0.15) is 10.4 Å². The maximum Gasteiger partial charge on any atom is 0.339 e. The Kier molecular flexibility index (Phi) is 1.58. The first-order chi connectivity index (χ1) is 4.72. The van der Waals surface area contributed by atoms with Crippen LogP contribution in [0.15, 0.2) is 24.3 Å². The van der Waals surface area contributed by atoms with Gasteiger partial charge in [0.05, 0.1) is 0 Å². The van der Waals surface area contributed by atoms with E-state index in [2.05, 4.69) is 0 Å². The zero-order chi connectivity index (χ0) is 7.56. The van der Waals surface area contributed by atoms with E-state index in [1.807, 2.05) is 0 Å². The number of hydrogen-bond acceptors (Lipinski definition) is 2. The number of aromatic carboxylic acids is 1. The van der Waals surface area contributed by atoms with E-state index < -0.39 is 5.97 Å². The summed E-state index contributed by atoms with van der Waals surface area (Å²) in [6.45, 7) is 0. The standard InChI is InChI=1S/C7H6O3/c8-6-4-2-1-3-5(6)7(9)10/h1-4,8H,(H,9,10)/i5+2. The molecule has 3 nitrogen and oxygen atoms in total. The summed E-state index contributed by atoms with van der Waals surface area (Å²) >= 11 is 0. The van der Waals surface area contributed by atoms with Gasteiger partial charge in [-0.2, -0.15) is 0 Å². The third-order valence-electron chi connectivity index (χ3n) is 1.13. The number of hydrogen-bond donors (Lipinski definition) is 2. The zero-order valence-corrected chi connectivity index (χ0v) is 5.11. The molecular formula is C7H6O3. The van der Waals surface area contributed by atoms with Crippen LogP contribution in [0, 0.1) is 0 Å². The fourth-order valence-electron chi connectivity index (χ4n) is 0.654. The predicted molar refractivity (Wildman–Crippen MR) is 35.1 cm³/mol. The lowest BCUT2D eigenvalue weighted by Gasteiger charge is -1.95. The molecule has 52 valence electrons. The van der Waals surface area contributed by atoms with E-state index in [1.165, 1.54) is 12.1 Å². The molecule has 0 heterocycles. The summed E-state index contributed by atoms with van der Waals surface area (Å²) in [6.07, 6.45) is 0. The quantitative estimate of drug-likeness (QED) is 0.613. The Morgan fingerprint density at radius 3 is 2.60 bits per heavy atom. The van der Waals surface area contributed by atoms with Gasteiger partial charge in [-0.3, -0.25) is 0 Å². The van der Waals surface area contributed by atoms with Crippen molar-refractivity contribution in [2.24, 2.45) is 0 Å². The lowest BCUT2D eigenvalue weighted by molar-refractivity contribution is 0.0694. The minimum Gasteiger partial charge on any atom is -0.507 e. The van der Waals surface area contributed by atoms with Gasteiger partial charge >= 0.3 is 5.97 Å². The lowest BCUT2D eigenvalue weighted by Crippen LogP contribution is -1.95. The van der Waals surface area contributed by atoms with Gasteiger partial charge in [0.1, 0.15) is 11.3 Å². The highest BCUT2D eigenvalue weighted by Gasteiger charge is 2.05. The Morgan fingerprint density at radius 2 is 2.20 bits per heavy atom. The lowest BCUT2D eigenvalue weighted by atomic mass is 10.5. The molecule has 0 aliphatic carbocycles. The van der Waals surface area contributed by atoms with Crippen LogP contribution in [0.4, 0.5) is 0 Å². The Balaban J connectivity index is 3.15. The van der Waals surface area contributed by atoms with Crippen LogP contribution in [0.25, 0.3) is 0 Å². The molecule has 1 rings (SSSR count). The highest BCUT2D eigenvalue weighted by atomic mass is 16.4. The van der Waals surface area contributed by atoms with Crippen LogP contribution in [0.5, 0.6) is 5.75 Å². The molecule has 0 unspecified atom stereocenters. The Hall–Kier alpha value is -1.51. The van der Waals surface area contributed by atoms with E-state index in [9.17, 15) is 4.79 Å². The van der Waals surface area contributed by atoms with Gasteiger partial charge in [0, 0.05) is 0 Å². The summed E-state index contributed by atoms with van der Waals surface area (Å²) in [5, 5.41) is 17.3. The van der Waals surface area contributed by atoms with Crippen molar-refractivity contribution in [2.75, 3.05) is 0 Å². The van der Waals surface area contributed by atoms with Crippen LogP contribution in [0.3, 0.4) is 0 Å². The highest BCUT2D eigenvalue weighted by molar-refractivity contribution is 5.90. The molecule has 1 aromatic rings. The number of para-hydroxylation sites is 1. The molecule has 0 saturated carbocycles. The normalized spacial score (nSPS) is 9.20. The number of carboxylic acid groups (broad SMARTS) is 1. The maximum atomic E-state index is 10.3. The predicted octanol–water partition coefficient (Wildman–Crippen LogP) is 1.09. The van der Waals surface area contributed by atoms with Gasteiger partial charge in [0.15, 0.2) is 0 Å². The SMILES string of the molecule is O=C(O)[14c]1ccccc1O. The number of aromatic hydroxyl groups is 1. The summed E-state index contributed by atoms with van der Waals surface area (Å²) in [7, 11) is 0. The molecule has 0 bridgehead atoms. The van der Waals surface area contributed by atoms with Gasteiger partial charge in [-0.1, -0.05) is 12.1 Å². The van der Waals surface area contributed by atoms with Crippen LogP contribution in [0.2, 0.25) is 0 Å². The minimum absolute atomic E-state index is 0.0671. The van der Waals surface area contributed by atoms with Gasteiger partial charge in [0.2, 0.25) is 0 Å². The van der Waals surface area contributed by atoms with Crippen molar-refractivity contribution < 1.29 is 15.0 Å². The molecule has 0 aliphatic rings. The molecule has 2 N–H and O–H groups in total. The molecular weight excluding hydrogens is 134 g/mol. The van der Waals surface area contributed by atoms with Crippen molar-refractivity contribution in [2.45, 2.75) is 0 Å². The van der Waals surface area contributed by atoms with E-state index in [1.54, 1.807) is 12.1 Å². The Labute approximate surface area is 57.5 Å². The van der Waals surface area contributed by atoms with Crippen molar-refractivity contribution in [1.29, 1.82) is 0 Å². The van der Waals surface area contributed by atoms with Crippen LogP contribution < -0.4 is 0 Å². The smallest absolute Gasteiger partial charge is 0.339 e. The van der Waals surface area contributed by atoms with Crippen LogP contribution >= 0.6 is 0 Å². The summed E-state index contributed by atoms with van der Waals surface area (Å²) < 4.78 is 0.